The maximum atomic E-state index is 12.4. The Balaban J connectivity index is 1.20. The van der Waals surface area contributed by atoms with Crippen molar-refractivity contribution in [1.82, 2.24) is 5.32 Å². The van der Waals surface area contributed by atoms with Crippen molar-refractivity contribution in [2.45, 2.75) is 50.5 Å². The Morgan fingerprint density at radius 2 is 1.30 bits per heavy atom. The van der Waals surface area contributed by atoms with Gasteiger partial charge in [0.2, 0.25) is 5.91 Å². The standard InChI is InChI=1S/C34H48BrNO11/c1-26(37)36-30-32(44-24-27-8-4-2-5-9-27)31-29(25-45-33(47-31)28-10-6-3-7-11-28)46-34(30)43-23-22-42-21-20-41-19-18-40-17-16-39-15-14-38-13-12-35/h2-11,29-34H,12-25H2,1H3,(H,36,37)/t29-,30-,31-,32-,33?,34-/m1/s1. The number of hydrogen-bond acceptors (Lipinski definition) is 11. The lowest BCUT2D eigenvalue weighted by molar-refractivity contribution is -0.349. The maximum Gasteiger partial charge on any atom is 0.217 e. The van der Waals surface area contributed by atoms with E-state index < -0.39 is 36.9 Å². The molecule has 1 unspecified atom stereocenters. The Kier molecular flexibility index (Phi) is 18.2. The van der Waals surface area contributed by atoms with Crippen LogP contribution in [0.4, 0.5) is 0 Å². The number of ether oxygens (including phenoxy) is 10. The summed E-state index contributed by atoms with van der Waals surface area (Å²) >= 11 is 3.31. The number of nitrogens with one attached hydrogen (secondary N) is 1. The van der Waals surface area contributed by atoms with E-state index >= 15 is 0 Å². The summed E-state index contributed by atoms with van der Waals surface area (Å²) in [4.78, 5) is 12.4. The maximum absolute atomic E-state index is 12.4. The summed E-state index contributed by atoms with van der Waals surface area (Å²) in [7, 11) is 0. The molecule has 2 aliphatic rings. The number of alkyl halides is 1. The smallest absolute Gasteiger partial charge is 0.217 e. The van der Waals surface area contributed by atoms with Crippen LogP contribution in [-0.4, -0.2) is 121 Å². The van der Waals surface area contributed by atoms with Gasteiger partial charge in [-0.1, -0.05) is 76.6 Å². The molecule has 1 amide bonds. The average Bonchev–Trinajstić information content (AvgIpc) is 3.09. The third-order valence-electron chi connectivity index (χ3n) is 7.29. The Bertz CT molecular complexity index is 1100. The molecule has 2 aromatic carbocycles. The summed E-state index contributed by atoms with van der Waals surface area (Å²) in [6.07, 6.45) is -2.94. The number of fused-ring (bicyclic) bond motifs is 1. The molecule has 0 saturated carbocycles. The molecule has 12 nitrogen and oxygen atoms in total. The van der Waals surface area contributed by atoms with Crippen LogP contribution in [0.2, 0.25) is 0 Å². The van der Waals surface area contributed by atoms with E-state index in [1.54, 1.807) is 0 Å². The third kappa shape index (κ3) is 13.8. The highest BCUT2D eigenvalue weighted by molar-refractivity contribution is 9.09. The van der Waals surface area contributed by atoms with Crippen LogP contribution < -0.4 is 5.32 Å². The first kappa shape index (κ1) is 37.8. The van der Waals surface area contributed by atoms with E-state index in [-0.39, 0.29) is 19.1 Å². The topological polar surface area (TPSA) is 121 Å². The van der Waals surface area contributed by atoms with Crippen molar-refractivity contribution in [1.29, 1.82) is 0 Å². The molecule has 0 aromatic heterocycles. The van der Waals surface area contributed by atoms with Crippen molar-refractivity contribution < 1.29 is 52.2 Å². The van der Waals surface area contributed by atoms with Crippen molar-refractivity contribution in [2.75, 3.05) is 84.6 Å². The van der Waals surface area contributed by atoms with Gasteiger partial charge in [0, 0.05) is 17.8 Å². The second kappa shape index (κ2) is 22.6. The van der Waals surface area contributed by atoms with Gasteiger partial charge in [-0.25, -0.2) is 0 Å². The zero-order valence-electron chi connectivity index (χ0n) is 27.0. The van der Waals surface area contributed by atoms with Crippen LogP contribution in [0, 0.1) is 0 Å². The van der Waals surface area contributed by atoms with Crippen LogP contribution in [0.25, 0.3) is 0 Å². The molecule has 2 heterocycles. The number of amides is 1. The molecule has 13 heteroatoms. The van der Waals surface area contributed by atoms with Crippen molar-refractivity contribution in [3.8, 4) is 0 Å². The fourth-order valence-electron chi connectivity index (χ4n) is 5.11. The molecule has 262 valence electrons. The number of carbonyl (C=O) groups excluding carboxylic acids is 1. The second-order valence-corrected chi connectivity index (χ2v) is 11.6. The quantitative estimate of drug-likeness (QED) is 0.134. The Morgan fingerprint density at radius 3 is 1.87 bits per heavy atom. The summed E-state index contributed by atoms with van der Waals surface area (Å²) in [6.45, 7) is 7.21. The fourth-order valence-corrected chi connectivity index (χ4v) is 5.33. The minimum atomic E-state index is -0.802. The zero-order chi connectivity index (χ0) is 32.9. The zero-order valence-corrected chi connectivity index (χ0v) is 28.6. The van der Waals surface area contributed by atoms with Crippen molar-refractivity contribution in [3.63, 3.8) is 0 Å². The minimum Gasteiger partial charge on any atom is -0.378 e. The van der Waals surface area contributed by atoms with Gasteiger partial charge in [-0.05, 0) is 5.56 Å². The number of carbonyl (C=O) groups is 1. The molecule has 6 atom stereocenters. The summed E-state index contributed by atoms with van der Waals surface area (Å²) in [5, 5.41) is 3.81. The first-order chi connectivity index (χ1) is 23.2. The van der Waals surface area contributed by atoms with Gasteiger partial charge in [0.1, 0.15) is 24.4 Å². The van der Waals surface area contributed by atoms with Crippen molar-refractivity contribution in [3.05, 3.63) is 71.8 Å². The van der Waals surface area contributed by atoms with Gasteiger partial charge in [0.25, 0.3) is 0 Å². The van der Waals surface area contributed by atoms with E-state index in [0.717, 1.165) is 16.5 Å². The van der Waals surface area contributed by atoms with Gasteiger partial charge in [-0.15, -0.1) is 0 Å². The average molecular weight is 727 g/mol. The predicted octanol–water partition coefficient (Wildman–Crippen LogP) is 3.41. The van der Waals surface area contributed by atoms with E-state index in [1.807, 2.05) is 60.7 Å². The highest BCUT2D eigenvalue weighted by Gasteiger charge is 2.51. The molecule has 1 N–H and O–H groups in total. The predicted molar refractivity (Wildman–Crippen MR) is 175 cm³/mol. The highest BCUT2D eigenvalue weighted by atomic mass is 79.9. The molecule has 2 saturated heterocycles. The lowest BCUT2D eigenvalue weighted by Crippen LogP contribution is -2.67. The third-order valence-corrected chi connectivity index (χ3v) is 7.61. The number of halogens is 1. The monoisotopic (exact) mass is 725 g/mol. The molecule has 0 radical (unpaired) electrons. The molecule has 4 rings (SSSR count). The van der Waals surface area contributed by atoms with Crippen LogP contribution in [-0.2, 0) is 58.8 Å². The molecule has 2 aliphatic heterocycles. The van der Waals surface area contributed by atoms with Gasteiger partial charge < -0.3 is 52.7 Å². The first-order valence-corrected chi connectivity index (χ1v) is 17.2. The lowest BCUT2D eigenvalue weighted by atomic mass is 9.95. The molecule has 2 fully saturated rings. The summed E-state index contributed by atoms with van der Waals surface area (Å²) in [5.41, 5.74) is 1.89. The molecule has 0 bridgehead atoms. The Morgan fingerprint density at radius 1 is 0.745 bits per heavy atom. The van der Waals surface area contributed by atoms with E-state index in [1.165, 1.54) is 6.92 Å². The van der Waals surface area contributed by atoms with Gasteiger partial charge >= 0.3 is 0 Å². The van der Waals surface area contributed by atoms with Crippen LogP contribution >= 0.6 is 15.9 Å². The molecule has 0 aliphatic carbocycles. The first-order valence-electron chi connectivity index (χ1n) is 16.1. The fraction of sp³-hybridized carbons (Fsp3) is 0.618. The summed E-state index contributed by atoms with van der Waals surface area (Å²) in [5.74, 6) is -0.231. The lowest BCUT2D eigenvalue weighted by Gasteiger charge is -2.49. The molecule has 0 spiro atoms. The number of benzene rings is 2. The summed E-state index contributed by atoms with van der Waals surface area (Å²) < 4.78 is 58.9. The highest BCUT2D eigenvalue weighted by Crippen LogP contribution is 2.36. The van der Waals surface area contributed by atoms with Crippen LogP contribution in [0.5, 0.6) is 0 Å². The molecule has 2 aromatic rings. The van der Waals surface area contributed by atoms with E-state index in [9.17, 15) is 4.79 Å². The van der Waals surface area contributed by atoms with E-state index in [0.29, 0.717) is 72.7 Å². The van der Waals surface area contributed by atoms with Crippen LogP contribution in [0.3, 0.4) is 0 Å². The van der Waals surface area contributed by atoms with Gasteiger partial charge in [-0.2, -0.15) is 0 Å². The van der Waals surface area contributed by atoms with Crippen molar-refractivity contribution >= 4 is 21.8 Å². The Hall–Kier alpha value is -2.01. The largest absolute Gasteiger partial charge is 0.378 e. The van der Waals surface area contributed by atoms with Gasteiger partial charge in [-0.3, -0.25) is 4.79 Å². The van der Waals surface area contributed by atoms with Crippen LogP contribution in [0.15, 0.2) is 60.7 Å². The molecular formula is C34H48BrNO11. The molecular weight excluding hydrogens is 678 g/mol. The Labute approximate surface area is 285 Å². The number of rotatable bonds is 23. The minimum absolute atomic E-state index is 0.231. The molecule has 47 heavy (non-hydrogen) atoms. The van der Waals surface area contributed by atoms with Crippen molar-refractivity contribution in [2.24, 2.45) is 0 Å². The number of hydrogen-bond donors (Lipinski definition) is 1. The normalized spacial score (nSPS) is 24.1. The van der Waals surface area contributed by atoms with E-state index in [2.05, 4.69) is 21.2 Å². The SMILES string of the molecule is CC(=O)N[C@H]1[C@H](OCCOCCOCCOCCOCCOCCBr)O[C@@H]2COC(c3ccccc3)O[C@H]2[C@@H]1OCc1ccccc1. The second-order valence-electron chi connectivity index (χ2n) is 10.8. The van der Waals surface area contributed by atoms with Gasteiger partial charge in [0.15, 0.2) is 12.6 Å². The summed E-state index contributed by atoms with van der Waals surface area (Å²) in [6, 6.07) is 18.9. The van der Waals surface area contributed by atoms with Crippen LogP contribution in [0.1, 0.15) is 24.3 Å². The van der Waals surface area contributed by atoms with E-state index in [4.69, 9.17) is 47.4 Å². The van der Waals surface area contributed by atoms with Gasteiger partial charge in [0.05, 0.1) is 85.9 Å².